The van der Waals surface area contributed by atoms with E-state index >= 15 is 0 Å². The molecule has 0 unspecified atom stereocenters. The third kappa shape index (κ3) is 3.36. The Morgan fingerprint density at radius 3 is 2.56 bits per heavy atom. The Morgan fingerprint density at radius 1 is 1.00 bits per heavy atom. The lowest BCUT2D eigenvalue weighted by molar-refractivity contribution is 0.0524. The van der Waals surface area contributed by atoms with E-state index in [9.17, 15) is 4.79 Å². The summed E-state index contributed by atoms with van der Waals surface area (Å²) in [5, 5.41) is 1.22. The highest BCUT2D eigenvalue weighted by Gasteiger charge is 2.43. The summed E-state index contributed by atoms with van der Waals surface area (Å²) in [6.07, 6.45) is 13.8. The second-order valence-corrected chi connectivity index (χ2v) is 8.95. The molecule has 6 heteroatoms. The molecule has 2 atom stereocenters. The molecule has 0 saturated carbocycles. The van der Waals surface area contributed by atoms with E-state index in [0.29, 0.717) is 23.6 Å². The van der Waals surface area contributed by atoms with Crippen LogP contribution in [0, 0.1) is 5.92 Å². The number of rotatable bonds is 4. The number of fused-ring (bicyclic) bond motifs is 3. The molecule has 6 rings (SSSR count). The average molecular weight is 425 g/mol. The van der Waals surface area contributed by atoms with Gasteiger partial charge in [0, 0.05) is 41.6 Å². The molecule has 2 saturated heterocycles. The number of furan rings is 1. The molecule has 2 aliphatic heterocycles. The van der Waals surface area contributed by atoms with Crippen LogP contribution < -0.4 is 0 Å². The third-order valence-electron chi connectivity index (χ3n) is 7.03. The van der Waals surface area contributed by atoms with Crippen molar-refractivity contribution >= 4 is 16.9 Å². The fourth-order valence-electron chi connectivity index (χ4n) is 5.61. The standard InChI is InChI=1S/C26H24N4O2/c31-26(19-4-7-24(29-15-19)20-13-27-16-28-14-20)30-21-5-6-22(30)12-17(11-21)10-18-2-1-3-25-23(18)8-9-32-25/h1-4,7-9,13-17,21-22H,5-6,10-12H2/t21-,22-/m0/s1. The summed E-state index contributed by atoms with van der Waals surface area (Å²) in [6, 6.07) is 12.8. The Hall–Kier alpha value is -3.54. The van der Waals surface area contributed by atoms with Gasteiger partial charge in [0.05, 0.1) is 17.5 Å². The quantitative estimate of drug-likeness (QED) is 0.465. The zero-order valence-corrected chi connectivity index (χ0v) is 17.7. The van der Waals surface area contributed by atoms with Crippen LogP contribution in [0.4, 0.5) is 0 Å². The third-order valence-corrected chi connectivity index (χ3v) is 7.03. The number of aromatic nitrogens is 3. The van der Waals surface area contributed by atoms with Gasteiger partial charge in [-0.3, -0.25) is 9.78 Å². The van der Waals surface area contributed by atoms with Gasteiger partial charge in [-0.2, -0.15) is 0 Å². The molecule has 0 aliphatic carbocycles. The van der Waals surface area contributed by atoms with Gasteiger partial charge in [-0.25, -0.2) is 9.97 Å². The van der Waals surface area contributed by atoms with Crippen LogP contribution in [0.2, 0.25) is 0 Å². The van der Waals surface area contributed by atoms with Crippen molar-refractivity contribution in [2.45, 2.75) is 44.2 Å². The predicted molar refractivity (Wildman–Crippen MR) is 121 cm³/mol. The van der Waals surface area contributed by atoms with Gasteiger partial charge < -0.3 is 9.32 Å². The second kappa shape index (κ2) is 7.86. The van der Waals surface area contributed by atoms with Gasteiger partial charge in [0.2, 0.25) is 0 Å². The molecule has 0 radical (unpaired) electrons. The second-order valence-electron chi connectivity index (χ2n) is 8.95. The molecule has 0 spiro atoms. The number of carbonyl (C=O) groups excluding carboxylic acids is 1. The zero-order valence-electron chi connectivity index (χ0n) is 17.7. The van der Waals surface area contributed by atoms with Crippen LogP contribution in [0.1, 0.15) is 41.6 Å². The van der Waals surface area contributed by atoms with E-state index < -0.39 is 0 Å². The minimum absolute atomic E-state index is 0.108. The topological polar surface area (TPSA) is 72.1 Å². The van der Waals surface area contributed by atoms with Gasteiger partial charge in [-0.05, 0) is 67.9 Å². The molecular formula is C26H24N4O2. The van der Waals surface area contributed by atoms with Crippen LogP contribution in [-0.4, -0.2) is 37.8 Å². The zero-order chi connectivity index (χ0) is 21.5. The van der Waals surface area contributed by atoms with E-state index in [-0.39, 0.29) is 5.91 Å². The number of amides is 1. The number of piperidine rings is 1. The monoisotopic (exact) mass is 424 g/mol. The van der Waals surface area contributed by atoms with Gasteiger partial charge in [-0.1, -0.05) is 12.1 Å². The molecule has 1 aromatic carbocycles. The van der Waals surface area contributed by atoms with Crippen LogP contribution in [0.5, 0.6) is 0 Å². The summed E-state index contributed by atoms with van der Waals surface area (Å²) >= 11 is 0. The molecule has 6 nitrogen and oxygen atoms in total. The SMILES string of the molecule is O=C(c1ccc(-c2cncnc2)nc1)N1[C@H]2CC[C@H]1CC(Cc1cccc3occc13)C2. The van der Waals surface area contributed by atoms with Gasteiger partial charge in [0.1, 0.15) is 11.9 Å². The van der Waals surface area contributed by atoms with E-state index in [1.165, 1.54) is 17.3 Å². The first-order valence-electron chi connectivity index (χ1n) is 11.3. The number of carbonyl (C=O) groups is 1. The lowest BCUT2D eigenvalue weighted by Gasteiger charge is -2.39. The predicted octanol–water partition coefficient (Wildman–Crippen LogP) is 4.91. The largest absolute Gasteiger partial charge is 0.464 e. The number of hydrogen-bond donors (Lipinski definition) is 0. The molecule has 5 heterocycles. The minimum atomic E-state index is 0.108. The van der Waals surface area contributed by atoms with Crippen molar-refractivity contribution in [3.63, 3.8) is 0 Å². The number of hydrogen-bond acceptors (Lipinski definition) is 5. The highest BCUT2D eigenvalue weighted by atomic mass is 16.3. The minimum Gasteiger partial charge on any atom is -0.464 e. The average Bonchev–Trinajstić information content (AvgIpc) is 3.42. The molecule has 3 aromatic heterocycles. The van der Waals surface area contributed by atoms with Crippen molar-refractivity contribution < 1.29 is 9.21 Å². The number of benzene rings is 1. The van der Waals surface area contributed by atoms with Gasteiger partial charge >= 0.3 is 0 Å². The van der Waals surface area contributed by atoms with E-state index in [4.69, 9.17) is 4.42 Å². The van der Waals surface area contributed by atoms with E-state index in [1.807, 2.05) is 18.2 Å². The Morgan fingerprint density at radius 2 is 1.81 bits per heavy atom. The fourth-order valence-corrected chi connectivity index (χ4v) is 5.61. The van der Waals surface area contributed by atoms with E-state index in [1.54, 1.807) is 24.9 Å². The molecule has 0 N–H and O–H groups in total. The first kappa shape index (κ1) is 19.2. The maximum Gasteiger partial charge on any atom is 0.255 e. The number of pyridine rings is 1. The summed E-state index contributed by atoms with van der Waals surface area (Å²) in [6.45, 7) is 0. The summed E-state index contributed by atoms with van der Waals surface area (Å²) in [4.78, 5) is 28.1. The van der Waals surface area contributed by atoms with E-state index in [0.717, 1.165) is 48.9 Å². The van der Waals surface area contributed by atoms with Crippen molar-refractivity contribution in [2.75, 3.05) is 0 Å². The molecule has 2 aliphatic rings. The van der Waals surface area contributed by atoms with Gasteiger partial charge in [-0.15, -0.1) is 0 Å². The maximum absolute atomic E-state index is 13.4. The molecule has 160 valence electrons. The van der Waals surface area contributed by atoms with Crippen molar-refractivity contribution in [1.29, 1.82) is 0 Å². The Kier molecular flexibility index (Phi) is 4.71. The van der Waals surface area contributed by atoms with Crippen LogP contribution in [-0.2, 0) is 6.42 Å². The van der Waals surface area contributed by atoms with Crippen molar-refractivity contribution in [2.24, 2.45) is 5.92 Å². The van der Waals surface area contributed by atoms with Crippen molar-refractivity contribution in [3.8, 4) is 11.3 Å². The Bertz CT molecular complexity index is 1240. The summed E-state index contributed by atoms with van der Waals surface area (Å²) < 4.78 is 5.57. The lowest BCUT2D eigenvalue weighted by atomic mass is 9.85. The van der Waals surface area contributed by atoms with Crippen LogP contribution >= 0.6 is 0 Å². The van der Waals surface area contributed by atoms with Gasteiger partial charge in [0.15, 0.2) is 0 Å². The van der Waals surface area contributed by atoms with Crippen molar-refractivity contribution in [1.82, 2.24) is 19.9 Å². The molecule has 1 amide bonds. The smallest absolute Gasteiger partial charge is 0.255 e. The fraction of sp³-hybridized carbons (Fsp3) is 0.308. The Balaban J connectivity index is 1.17. The van der Waals surface area contributed by atoms with Crippen LogP contribution in [0.3, 0.4) is 0 Å². The number of nitrogens with zero attached hydrogens (tertiary/aromatic N) is 4. The van der Waals surface area contributed by atoms with Gasteiger partial charge in [0.25, 0.3) is 5.91 Å². The lowest BCUT2D eigenvalue weighted by Crippen LogP contribution is -2.46. The first-order valence-corrected chi connectivity index (χ1v) is 11.3. The summed E-state index contributed by atoms with van der Waals surface area (Å²) in [7, 11) is 0. The molecular weight excluding hydrogens is 400 g/mol. The summed E-state index contributed by atoms with van der Waals surface area (Å²) in [5.74, 6) is 0.701. The van der Waals surface area contributed by atoms with Crippen molar-refractivity contribution in [3.05, 3.63) is 78.7 Å². The normalized spacial score (nSPS) is 22.4. The van der Waals surface area contributed by atoms with E-state index in [2.05, 4.69) is 38.1 Å². The molecule has 4 aromatic rings. The highest BCUT2D eigenvalue weighted by molar-refractivity contribution is 5.95. The van der Waals surface area contributed by atoms with Crippen LogP contribution in [0.15, 0.2) is 72.0 Å². The maximum atomic E-state index is 13.4. The summed E-state index contributed by atoms with van der Waals surface area (Å²) in [5.41, 5.74) is 4.59. The molecule has 2 fully saturated rings. The molecule has 32 heavy (non-hydrogen) atoms. The van der Waals surface area contributed by atoms with Crippen LogP contribution in [0.25, 0.3) is 22.2 Å². The Labute approximate surface area is 186 Å². The highest BCUT2D eigenvalue weighted by Crippen LogP contribution is 2.41. The molecule has 2 bridgehead atoms. The first-order chi connectivity index (χ1) is 15.8.